The van der Waals surface area contributed by atoms with Gasteiger partial charge in [0.25, 0.3) is 0 Å². The molecule has 7 nitrogen and oxygen atoms in total. The smallest absolute Gasteiger partial charge is 0.351 e. The summed E-state index contributed by atoms with van der Waals surface area (Å²) in [7, 11) is 0. The molecule has 11 heteroatoms. The van der Waals surface area contributed by atoms with E-state index in [2.05, 4.69) is 25.9 Å². The lowest BCUT2D eigenvalue weighted by atomic mass is 10.2. The number of nitrogens with one attached hydrogen (secondary N) is 3. The highest BCUT2D eigenvalue weighted by Crippen LogP contribution is 2.36. The van der Waals surface area contributed by atoms with E-state index < -0.39 is 18.0 Å². The van der Waals surface area contributed by atoms with Crippen LogP contribution in [0.15, 0.2) is 24.4 Å². The van der Waals surface area contributed by atoms with Crippen molar-refractivity contribution in [1.29, 1.82) is 0 Å². The molecule has 1 aliphatic carbocycles. The number of alkyl halides is 3. The van der Waals surface area contributed by atoms with Crippen LogP contribution in [-0.4, -0.2) is 34.9 Å². The number of hydrogen-bond donors (Lipinski definition) is 4. The lowest BCUT2D eigenvalue weighted by Gasteiger charge is -2.29. The molecule has 168 valence electrons. The summed E-state index contributed by atoms with van der Waals surface area (Å²) in [5.41, 5.74) is 6.12. The predicted octanol–water partition coefficient (Wildman–Crippen LogP) is 4.48. The first kappa shape index (κ1) is 21.8. The van der Waals surface area contributed by atoms with Gasteiger partial charge in [0, 0.05) is 29.3 Å². The maximum absolute atomic E-state index is 13.2. The first-order valence-electron chi connectivity index (χ1n) is 10.3. The summed E-state index contributed by atoms with van der Waals surface area (Å²) in [5.74, 6) is 1.17. The number of hydrogen-bond acceptors (Lipinski definition) is 7. The second-order valence-corrected chi connectivity index (χ2v) is 8.54. The summed E-state index contributed by atoms with van der Waals surface area (Å²) in [4.78, 5) is 10.9. The summed E-state index contributed by atoms with van der Waals surface area (Å²) in [6.07, 6.45) is 1.17. The zero-order valence-corrected chi connectivity index (χ0v) is 17.8. The van der Waals surface area contributed by atoms with Crippen molar-refractivity contribution < 1.29 is 13.2 Å². The summed E-state index contributed by atoms with van der Waals surface area (Å²) >= 11 is 5.93. The number of benzene rings is 1. The molecule has 2 unspecified atom stereocenters. The molecule has 0 saturated heterocycles. The van der Waals surface area contributed by atoms with E-state index in [1.54, 1.807) is 6.20 Å². The second kappa shape index (κ2) is 8.58. The van der Waals surface area contributed by atoms with Gasteiger partial charge in [-0.05, 0) is 38.0 Å². The molecule has 1 saturated carbocycles. The van der Waals surface area contributed by atoms with Gasteiger partial charge in [0.1, 0.15) is 0 Å². The third-order valence-electron chi connectivity index (χ3n) is 5.35. The number of anilines is 4. The Balaban J connectivity index is 1.58. The fourth-order valence-electron chi connectivity index (χ4n) is 3.97. The summed E-state index contributed by atoms with van der Waals surface area (Å²) in [6.45, 7) is 2.29. The molecule has 31 heavy (non-hydrogen) atoms. The third kappa shape index (κ3) is 5.07. The molecule has 0 radical (unpaired) electrons. The van der Waals surface area contributed by atoms with Gasteiger partial charge in [-0.2, -0.15) is 18.2 Å². The van der Waals surface area contributed by atoms with E-state index in [-0.39, 0.29) is 16.8 Å². The summed E-state index contributed by atoms with van der Waals surface area (Å²) in [6, 6.07) is 3.54. The van der Waals surface area contributed by atoms with Crippen LogP contribution in [-0.2, 0) is 6.18 Å². The zero-order valence-electron chi connectivity index (χ0n) is 17.0. The van der Waals surface area contributed by atoms with Crippen LogP contribution in [0, 0.1) is 0 Å². The maximum atomic E-state index is 13.2. The number of nitrogens with zero attached hydrogens (tertiary/aromatic N) is 3. The van der Waals surface area contributed by atoms with Gasteiger partial charge >= 0.3 is 6.18 Å². The molecule has 5 N–H and O–H groups in total. The van der Waals surface area contributed by atoms with Gasteiger partial charge in [-0.25, -0.2) is 4.98 Å². The normalized spacial score (nSPS) is 19.8. The van der Waals surface area contributed by atoms with E-state index in [9.17, 15) is 13.2 Å². The predicted molar refractivity (Wildman–Crippen MR) is 116 cm³/mol. The fraction of sp³-hybridized carbons (Fsp3) is 0.500. The van der Waals surface area contributed by atoms with Gasteiger partial charge in [0.05, 0.1) is 17.4 Å². The molecule has 1 aromatic heterocycles. The third-order valence-corrected chi connectivity index (χ3v) is 5.56. The first-order valence-corrected chi connectivity index (χ1v) is 10.6. The van der Waals surface area contributed by atoms with Crippen molar-refractivity contribution in [3.05, 3.63) is 35.0 Å². The quantitative estimate of drug-likeness (QED) is 0.510. The molecule has 1 aliphatic heterocycles. The van der Waals surface area contributed by atoms with Gasteiger partial charge in [0.2, 0.25) is 5.95 Å². The maximum Gasteiger partial charge on any atom is 0.416 e. The molecule has 2 atom stereocenters. The number of fused-ring (bicyclic) bond motifs is 1. The molecule has 1 aromatic carbocycles. The highest BCUT2D eigenvalue weighted by atomic mass is 35.5. The van der Waals surface area contributed by atoms with Crippen molar-refractivity contribution in [3.8, 4) is 0 Å². The van der Waals surface area contributed by atoms with Crippen molar-refractivity contribution in [2.24, 2.45) is 5.73 Å². The Hall–Kier alpha value is -2.46. The highest BCUT2D eigenvalue weighted by molar-refractivity contribution is 6.31. The minimum atomic E-state index is -4.49. The van der Waals surface area contributed by atoms with Gasteiger partial charge < -0.3 is 26.6 Å². The van der Waals surface area contributed by atoms with Crippen LogP contribution in [0.25, 0.3) is 0 Å². The highest BCUT2D eigenvalue weighted by Gasteiger charge is 2.34. The summed E-state index contributed by atoms with van der Waals surface area (Å²) in [5, 5.41) is 9.66. The molecule has 4 rings (SSSR count). The van der Waals surface area contributed by atoms with E-state index >= 15 is 0 Å². The Kier molecular flexibility index (Phi) is 6.02. The van der Waals surface area contributed by atoms with Crippen molar-refractivity contribution in [1.82, 2.24) is 9.97 Å². The Morgan fingerprint density at radius 1 is 1.26 bits per heavy atom. The number of halogens is 4. The monoisotopic (exact) mass is 455 g/mol. The molecule has 2 aromatic rings. The molecule has 0 spiro atoms. The fourth-order valence-corrected chi connectivity index (χ4v) is 4.21. The first-order chi connectivity index (χ1) is 14.7. The van der Waals surface area contributed by atoms with Gasteiger partial charge in [-0.15, -0.1) is 0 Å². The molecule has 2 aliphatic rings. The lowest BCUT2D eigenvalue weighted by Crippen LogP contribution is -2.47. The average Bonchev–Trinajstić information content (AvgIpc) is 3.29. The van der Waals surface area contributed by atoms with Crippen LogP contribution in [0.5, 0.6) is 0 Å². The topological polar surface area (TPSA) is 91.1 Å². The molecule has 2 heterocycles. The van der Waals surface area contributed by atoms with Crippen LogP contribution in [0.4, 0.5) is 36.3 Å². The Morgan fingerprint density at radius 2 is 2.00 bits per heavy atom. The van der Waals surface area contributed by atoms with E-state index in [0.717, 1.165) is 25.0 Å². The Labute approximate surface area is 183 Å². The zero-order chi connectivity index (χ0) is 22.2. The van der Waals surface area contributed by atoms with E-state index in [0.29, 0.717) is 30.0 Å². The largest absolute Gasteiger partial charge is 0.416 e. The molecule has 0 bridgehead atoms. The average molecular weight is 456 g/mol. The standard InChI is InChI=1S/C20H25ClF3N7/c1-11(25)10-31-17-16(9-26-18(30-17)27-14-4-2-3-5-14)29-19(31)28-15-7-12(20(22,23)24)6-13(21)8-15/h6-9,11,14,19,28-29H,2-5,10,25H2,1H3,(H,26,27,30). The van der Waals surface area contributed by atoms with Crippen molar-refractivity contribution in [3.63, 3.8) is 0 Å². The van der Waals surface area contributed by atoms with Gasteiger partial charge in [-0.1, -0.05) is 24.4 Å². The molecular formula is C20H25ClF3N7. The lowest BCUT2D eigenvalue weighted by molar-refractivity contribution is -0.137. The van der Waals surface area contributed by atoms with E-state index in [4.69, 9.17) is 17.3 Å². The van der Waals surface area contributed by atoms with Crippen LogP contribution in [0.1, 0.15) is 38.2 Å². The number of rotatable bonds is 6. The van der Waals surface area contributed by atoms with Gasteiger partial charge in [-0.3, -0.25) is 0 Å². The van der Waals surface area contributed by atoms with Crippen LogP contribution in [0.3, 0.4) is 0 Å². The van der Waals surface area contributed by atoms with Crippen LogP contribution >= 0.6 is 11.6 Å². The second-order valence-electron chi connectivity index (χ2n) is 8.10. The number of aromatic nitrogens is 2. The molecule has 0 amide bonds. The van der Waals surface area contributed by atoms with E-state index in [1.165, 1.54) is 18.9 Å². The molecule has 1 fully saturated rings. The minimum absolute atomic E-state index is 0.00517. The van der Waals surface area contributed by atoms with Crippen LogP contribution < -0.4 is 26.6 Å². The van der Waals surface area contributed by atoms with Crippen molar-refractivity contribution in [2.75, 3.05) is 27.4 Å². The Bertz CT molecular complexity index is 931. The van der Waals surface area contributed by atoms with Gasteiger partial charge in [0.15, 0.2) is 12.1 Å². The molecular weight excluding hydrogens is 431 g/mol. The Morgan fingerprint density at radius 3 is 2.68 bits per heavy atom. The SMILES string of the molecule is CC(N)CN1c2nc(NC3CCCC3)ncc2NC1Nc1cc(Cl)cc(C(F)(F)F)c1. The van der Waals surface area contributed by atoms with Crippen LogP contribution in [0.2, 0.25) is 5.02 Å². The van der Waals surface area contributed by atoms with Crippen molar-refractivity contribution >= 4 is 34.7 Å². The van der Waals surface area contributed by atoms with Crippen molar-refractivity contribution in [2.45, 2.75) is 57.2 Å². The summed E-state index contributed by atoms with van der Waals surface area (Å²) < 4.78 is 39.5. The minimum Gasteiger partial charge on any atom is -0.351 e. The van der Waals surface area contributed by atoms with E-state index in [1.807, 2.05) is 11.8 Å². The number of nitrogens with two attached hydrogens (primary N) is 1.